The molecule has 2 N–H and O–H groups in total. The second kappa shape index (κ2) is 5.15. The van der Waals surface area contributed by atoms with Gasteiger partial charge in [-0.25, -0.2) is 0 Å². The molecule has 0 radical (unpaired) electrons. The van der Waals surface area contributed by atoms with Crippen molar-refractivity contribution in [3.8, 4) is 11.3 Å². The lowest BCUT2D eigenvalue weighted by molar-refractivity contribution is 0.483. The third kappa shape index (κ3) is 2.24. The molecule has 0 fully saturated rings. The highest BCUT2D eigenvalue weighted by atomic mass is 15.3. The molecule has 0 aliphatic heterocycles. The normalized spacial score (nSPS) is 12.6. The average Bonchev–Trinajstić information content (AvgIpc) is 2.82. The first kappa shape index (κ1) is 11.9. The van der Waals surface area contributed by atoms with Crippen LogP contribution in [0.15, 0.2) is 36.5 Å². The predicted octanol–water partition coefficient (Wildman–Crippen LogP) is 2.98. The monoisotopic (exact) mass is 229 g/mol. The molecule has 0 spiro atoms. The molecule has 0 bridgehead atoms. The lowest BCUT2D eigenvalue weighted by Crippen LogP contribution is -2.08. The molecule has 1 aromatic carbocycles. The van der Waals surface area contributed by atoms with E-state index in [-0.39, 0.29) is 0 Å². The van der Waals surface area contributed by atoms with Crippen molar-refractivity contribution in [1.82, 2.24) is 9.78 Å². The summed E-state index contributed by atoms with van der Waals surface area (Å²) in [5.74, 6) is 0. The zero-order valence-electron chi connectivity index (χ0n) is 10.4. The van der Waals surface area contributed by atoms with Gasteiger partial charge in [-0.15, -0.1) is 0 Å². The van der Waals surface area contributed by atoms with Crippen molar-refractivity contribution in [2.75, 3.05) is 0 Å². The summed E-state index contributed by atoms with van der Waals surface area (Å²) in [6.45, 7) is 4.88. The van der Waals surface area contributed by atoms with Gasteiger partial charge in [0.25, 0.3) is 0 Å². The standard InChI is InChI=1S/C14H19N3/c1-3-11(2)17-14(13(9-15)10-16-17)12-7-5-4-6-8-12/h4-8,10-11H,3,9,15H2,1-2H3. The Hall–Kier alpha value is -1.61. The molecule has 0 aliphatic carbocycles. The molecular weight excluding hydrogens is 210 g/mol. The zero-order valence-corrected chi connectivity index (χ0v) is 10.4. The summed E-state index contributed by atoms with van der Waals surface area (Å²) in [6.07, 6.45) is 2.94. The van der Waals surface area contributed by atoms with Crippen molar-refractivity contribution < 1.29 is 0 Å². The maximum atomic E-state index is 5.79. The van der Waals surface area contributed by atoms with Crippen LogP contribution < -0.4 is 5.73 Å². The molecule has 2 rings (SSSR count). The lowest BCUT2D eigenvalue weighted by atomic mass is 10.1. The first-order valence-corrected chi connectivity index (χ1v) is 6.09. The van der Waals surface area contributed by atoms with E-state index in [1.807, 2.05) is 24.4 Å². The summed E-state index contributed by atoms with van der Waals surface area (Å²) in [7, 11) is 0. The summed E-state index contributed by atoms with van der Waals surface area (Å²) < 4.78 is 2.08. The third-order valence-electron chi connectivity index (χ3n) is 3.15. The average molecular weight is 229 g/mol. The Morgan fingerprint density at radius 2 is 2.00 bits per heavy atom. The van der Waals surface area contributed by atoms with E-state index < -0.39 is 0 Å². The van der Waals surface area contributed by atoms with Crippen LogP contribution in [0.1, 0.15) is 31.9 Å². The van der Waals surface area contributed by atoms with Gasteiger partial charge in [0.05, 0.1) is 11.9 Å². The van der Waals surface area contributed by atoms with Gasteiger partial charge >= 0.3 is 0 Å². The molecule has 17 heavy (non-hydrogen) atoms. The van der Waals surface area contributed by atoms with Crippen LogP contribution in [0.4, 0.5) is 0 Å². The van der Waals surface area contributed by atoms with Crippen molar-refractivity contribution in [2.24, 2.45) is 5.73 Å². The second-order valence-corrected chi connectivity index (χ2v) is 4.29. The maximum Gasteiger partial charge on any atom is 0.0730 e. The summed E-state index contributed by atoms with van der Waals surface area (Å²) in [4.78, 5) is 0. The highest BCUT2D eigenvalue weighted by Gasteiger charge is 2.14. The summed E-state index contributed by atoms with van der Waals surface area (Å²) in [5.41, 5.74) is 9.24. The van der Waals surface area contributed by atoms with E-state index >= 15 is 0 Å². The molecule has 1 heterocycles. The Balaban J connectivity index is 2.54. The first-order chi connectivity index (χ1) is 8.27. The fourth-order valence-electron chi connectivity index (χ4n) is 1.97. The number of rotatable bonds is 4. The van der Waals surface area contributed by atoms with Gasteiger partial charge in [0, 0.05) is 23.7 Å². The summed E-state index contributed by atoms with van der Waals surface area (Å²) in [5, 5.41) is 4.47. The fourth-order valence-corrected chi connectivity index (χ4v) is 1.97. The zero-order chi connectivity index (χ0) is 12.3. The number of benzene rings is 1. The van der Waals surface area contributed by atoms with Crippen LogP contribution in [-0.2, 0) is 6.54 Å². The van der Waals surface area contributed by atoms with E-state index in [9.17, 15) is 0 Å². The van der Waals surface area contributed by atoms with Crippen LogP contribution in [0.25, 0.3) is 11.3 Å². The lowest BCUT2D eigenvalue weighted by Gasteiger charge is -2.15. The molecule has 1 atom stereocenters. The Kier molecular flexibility index (Phi) is 3.59. The topological polar surface area (TPSA) is 43.8 Å². The van der Waals surface area contributed by atoms with Crippen LogP contribution in [0.2, 0.25) is 0 Å². The SMILES string of the molecule is CCC(C)n1ncc(CN)c1-c1ccccc1. The van der Waals surface area contributed by atoms with Crippen LogP contribution in [0.3, 0.4) is 0 Å². The minimum atomic E-state index is 0.394. The minimum absolute atomic E-state index is 0.394. The van der Waals surface area contributed by atoms with Crippen molar-refractivity contribution in [2.45, 2.75) is 32.9 Å². The summed E-state index contributed by atoms with van der Waals surface area (Å²) in [6, 6.07) is 10.7. The van der Waals surface area contributed by atoms with Crippen LogP contribution in [0.5, 0.6) is 0 Å². The van der Waals surface area contributed by atoms with E-state index in [4.69, 9.17) is 5.73 Å². The van der Waals surface area contributed by atoms with E-state index in [1.165, 1.54) is 5.56 Å². The van der Waals surface area contributed by atoms with Gasteiger partial charge < -0.3 is 5.73 Å². The van der Waals surface area contributed by atoms with Crippen LogP contribution in [-0.4, -0.2) is 9.78 Å². The largest absolute Gasteiger partial charge is 0.326 e. The molecule has 1 unspecified atom stereocenters. The van der Waals surface area contributed by atoms with Crippen molar-refractivity contribution in [3.63, 3.8) is 0 Å². The highest BCUT2D eigenvalue weighted by Crippen LogP contribution is 2.26. The van der Waals surface area contributed by atoms with E-state index in [2.05, 4.69) is 35.8 Å². The van der Waals surface area contributed by atoms with Gasteiger partial charge in [0.1, 0.15) is 0 Å². The van der Waals surface area contributed by atoms with Crippen LogP contribution in [0, 0.1) is 0 Å². The maximum absolute atomic E-state index is 5.79. The molecule has 90 valence electrons. The van der Waals surface area contributed by atoms with Gasteiger partial charge in [-0.05, 0) is 13.3 Å². The summed E-state index contributed by atoms with van der Waals surface area (Å²) >= 11 is 0. The molecular formula is C14H19N3. The quantitative estimate of drug-likeness (QED) is 0.876. The minimum Gasteiger partial charge on any atom is -0.326 e. The molecule has 3 heteroatoms. The molecule has 0 saturated heterocycles. The molecule has 0 aliphatic rings. The number of hydrogen-bond donors (Lipinski definition) is 1. The van der Waals surface area contributed by atoms with Gasteiger partial charge in [0.15, 0.2) is 0 Å². The molecule has 0 amide bonds. The Labute approximate surface area is 102 Å². The van der Waals surface area contributed by atoms with Gasteiger partial charge in [-0.2, -0.15) is 5.10 Å². The van der Waals surface area contributed by atoms with E-state index in [1.54, 1.807) is 0 Å². The van der Waals surface area contributed by atoms with E-state index in [0.29, 0.717) is 12.6 Å². The molecule has 3 nitrogen and oxygen atoms in total. The molecule has 2 aromatic rings. The van der Waals surface area contributed by atoms with Crippen molar-refractivity contribution in [3.05, 3.63) is 42.1 Å². The fraction of sp³-hybridized carbons (Fsp3) is 0.357. The number of nitrogens with zero attached hydrogens (tertiary/aromatic N) is 2. The van der Waals surface area contributed by atoms with Gasteiger partial charge in [-0.3, -0.25) is 4.68 Å². The first-order valence-electron chi connectivity index (χ1n) is 6.09. The smallest absolute Gasteiger partial charge is 0.0730 e. The highest BCUT2D eigenvalue weighted by molar-refractivity contribution is 5.63. The van der Waals surface area contributed by atoms with Gasteiger partial charge in [-0.1, -0.05) is 37.3 Å². The molecule has 1 aromatic heterocycles. The number of hydrogen-bond acceptors (Lipinski definition) is 2. The van der Waals surface area contributed by atoms with Crippen molar-refractivity contribution in [1.29, 1.82) is 0 Å². The van der Waals surface area contributed by atoms with Crippen LogP contribution >= 0.6 is 0 Å². The predicted molar refractivity (Wildman–Crippen MR) is 70.6 cm³/mol. The second-order valence-electron chi connectivity index (χ2n) is 4.29. The van der Waals surface area contributed by atoms with E-state index in [0.717, 1.165) is 17.7 Å². The number of nitrogens with two attached hydrogens (primary N) is 1. The Bertz CT molecular complexity index is 473. The van der Waals surface area contributed by atoms with Crippen molar-refractivity contribution >= 4 is 0 Å². The van der Waals surface area contributed by atoms with Gasteiger partial charge in [0.2, 0.25) is 0 Å². The Morgan fingerprint density at radius 1 is 1.29 bits per heavy atom. The number of aromatic nitrogens is 2. The Morgan fingerprint density at radius 3 is 2.59 bits per heavy atom. The third-order valence-corrected chi connectivity index (χ3v) is 3.15. The molecule has 0 saturated carbocycles.